The van der Waals surface area contributed by atoms with E-state index in [-0.39, 0.29) is 18.2 Å². The molecular weight excluding hydrogens is 256 g/mol. The highest BCUT2D eigenvalue weighted by Crippen LogP contribution is 2.16. The Bertz CT molecular complexity index is 546. The highest BCUT2D eigenvalue weighted by atomic mass is 16.6. The van der Waals surface area contributed by atoms with E-state index in [1.807, 2.05) is 0 Å². The Hall–Kier alpha value is -2.71. The van der Waals surface area contributed by atoms with E-state index in [1.54, 1.807) is 0 Å². The number of cyclic esters (lactones) is 1. The minimum atomic E-state index is -0.807. The number of nitrogens with zero attached hydrogens (tertiary/aromatic N) is 3. The number of nitro groups is 1. The van der Waals surface area contributed by atoms with Crippen molar-refractivity contribution in [3.63, 3.8) is 0 Å². The van der Waals surface area contributed by atoms with Gasteiger partial charge in [0.1, 0.15) is 12.6 Å². The monoisotopic (exact) mass is 266 g/mol. The summed E-state index contributed by atoms with van der Waals surface area (Å²) in [4.78, 5) is 37.7. The number of hydrogen-bond donors (Lipinski definition) is 1. The van der Waals surface area contributed by atoms with Gasteiger partial charge in [-0.1, -0.05) is 0 Å². The molecule has 19 heavy (non-hydrogen) atoms. The van der Waals surface area contributed by atoms with Crippen molar-refractivity contribution >= 4 is 23.6 Å². The van der Waals surface area contributed by atoms with Crippen LogP contribution >= 0.6 is 0 Å². The Morgan fingerprint density at radius 1 is 1.63 bits per heavy atom. The van der Waals surface area contributed by atoms with Gasteiger partial charge in [-0.3, -0.25) is 9.69 Å². The van der Waals surface area contributed by atoms with E-state index in [2.05, 4.69) is 15.0 Å². The van der Waals surface area contributed by atoms with Gasteiger partial charge in [-0.15, -0.1) is 0 Å². The number of carbonyl (C=O) groups is 2. The number of alkyl carbamates (subject to hydrolysis) is 1. The molecule has 2 rings (SSSR count). The quantitative estimate of drug-likeness (QED) is 0.611. The standard InChI is InChI=1S/C10H10N4O5/c1-13(9(15)6-5-19-10(16)11-6)7-3-2-4-8(12-7)14(17)18/h2-4,6H,5H2,1H3,(H,11,16). The summed E-state index contributed by atoms with van der Waals surface area (Å²) < 4.78 is 4.61. The van der Waals surface area contributed by atoms with Crippen molar-refractivity contribution in [2.24, 2.45) is 0 Å². The van der Waals surface area contributed by atoms with Gasteiger partial charge in [0.05, 0.1) is 0 Å². The number of likely N-dealkylation sites (N-methyl/N-ethyl adjacent to an activating group) is 1. The second-order valence-electron chi connectivity index (χ2n) is 3.80. The van der Waals surface area contributed by atoms with Crippen LogP contribution in [0, 0.1) is 10.1 Å². The van der Waals surface area contributed by atoms with E-state index >= 15 is 0 Å². The van der Waals surface area contributed by atoms with Crippen molar-refractivity contribution in [1.29, 1.82) is 0 Å². The Morgan fingerprint density at radius 3 is 2.95 bits per heavy atom. The number of pyridine rings is 1. The minimum Gasteiger partial charge on any atom is -0.447 e. The minimum absolute atomic E-state index is 0.0725. The molecule has 0 radical (unpaired) electrons. The summed E-state index contributed by atoms with van der Waals surface area (Å²) in [6, 6.07) is 3.30. The van der Waals surface area contributed by atoms with Crippen LogP contribution in [0.25, 0.3) is 0 Å². The van der Waals surface area contributed by atoms with Crippen LogP contribution in [-0.2, 0) is 9.53 Å². The fourth-order valence-electron chi connectivity index (χ4n) is 1.56. The molecule has 0 aromatic carbocycles. The lowest BCUT2D eigenvalue weighted by molar-refractivity contribution is -0.389. The summed E-state index contributed by atoms with van der Waals surface area (Å²) >= 11 is 0. The molecular formula is C10H10N4O5. The first-order valence-corrected chi connectivity index (χ1v) is 5.31. The number of anilines is 1. The molecule has 100 valence electrons. The van der Waals surface area contributed by atoms with Crippen LogP contribution < -0.4 is 10.2 Å². The maximum absolute atomic E-state index is 12.0. The maximum atomic E-state index is 12.0. The molecule has 1 unspecified atom stereocenters. The molecule has 1 aromatic heterocycles. The van der Waals surface area contributed by atoms with Crippen LogP contribution in [0.5, 0.6) is 0 Å². The number of amides is 2. The fraction of sp³-hybridized carbons (Fsp3) is 0.300. The highest BCUT2D eigenvalue weighted by Gasteiger charge is 2.33. The largest absolute Gasteiger partial charge is 0.447 e. The molecule has 0 saturated carbocycles. The molecule has 0 bridgehead atoms. The highest BCUT2D eigenvalue weighted by molar-refractivity contribution is 5.98. The average molecular weight is 266 g/mol. The number of hydrogen-bond acceptors (Lipinski definition) is 6. The van der Waals surface area contributed by atoms with Gasteiger partial charge in [-0.05, 0) is 16.0 Å². The number of carbonyl (C=O) groups excluding carboxylic acids is 2. The number of ether oxygens (including phenoxy) is 1. The molecule has 0 aliphatic carbocycles. The third-order valence-corrected chi connectivity index (χ3v) is 2.55. The first kappa shape index (κ1) is 12.7. The molecule has 1 aromatic rings. The SMILES string of the molecule is CN(C(=O)C1COC(=O)N1)c1cccc([N+](=O)[O-])n1. The molecule has 2 heterocycles. The molecule has 1 fully saturated rings. The smallest absolute Gasteiger partial charge is 0.407 e. The Labute approximate surface area is 107 Å². The van der Waals surface area contributed by atoms with E-state index < -0.39 is 23.0 Å². The summed E-state index contributed by atoms with van der Waals surface area (Å²) in [5.74, 6) is -0.692. The molecule has 1 N–H and O–H groups in total. The van der Waals surface area contributed by atoms with Crippen molar-refractivity contribution in [3.8, 4) is 0 Å². The van der Waals surface area contributed by atoms with Gasteiger partial charge in [0, 0.05) is 19.2 Å². The summed E-state index contributed by atoms with van der Waals surface area (Å²) in [7, 11) is 1.42. The van der Waals surface area contributed by atoms with Crippen LogP contribution in [0.2, 0.25) is 0 Å². The second kappa shape index (κ2) is 4.88. The second-order valence-corrected chi connectivity index (χ2v) is 3.80. The molecule has 2 amide bonds. The summed E-state index contributed by atoms with van der Waals surface area (Å²) in [5.41, 5.74) is 0. The van der Waals surface area contributed by atoms with Crippen molar-refractivity contribution in [3.05, 3.63) is 28.3 Å². The van der Waals surface area contributed by atoms with Gasteiger partial charge in [-0.25, -0.2) is 4.79 Å². The first-order chi connectivity index (χ1) is 8.99. The lowest BCUT2D eigenvalue weighted by atomic mass is 10.3. The van der Waals surface area contributed by atoms with Crippen LogP contribution in [0.15, 0.2) is 18.2 Å². The zero-order valence-corrected chi connectivity index (χ0v) is 9.90. The Balaban J connectivity index is 2.17. The maximum Gasteiger partial charge on any atom is 0.407 e. The van der Waals surface area contributed by atoms with Gasteiger partial charge in [0.2, 0.25) is 5.82 Å². The van der Waals surface area contributed by atoms with Crippen molar-refractivity contribution in [2.45, 2.75) is 6.04 Å². The number of aromatic nitrogens is 1. The summed E-state index contributed by atoms with van der Waals surface area (Å²) in [5, 5.41) is 12.9. The van der Waals surface area contributed by atoms with Crippen molar-refractivity contribution < 1.29 is 19.2 Å². The van der Waals surface area contributed by atoms with E-state index in [4.69, 9.17) is 0 Å². The lowest BCUT2D eigenvalue weighted by Crippen LogP contribution is -2.44. The molecule has 1 saturated heterocycles. The lowest BCUT2D eigenvalue weighted by Gasteiger charge is -2.16. The van der Waals surface area contributed by atoms with Gasteiger partial charge in [0.15, 0.2) is 0 Å². The van der Waals surface area contributed by atoms with E-state index in [9.17, 15) is 19.7 Å². The van der Waals surface area contributed by atoms with Gasteiger partial charge in [0.25, 0.3) is 5.91 Å². The summed E-state index contributed by atoms with van der Waals surface area (Å²) in [6.07, 6.45) is -0.668. The Kier molecular flexibility index (Phi) is 3.27. The van der Waals surface area contributed by atoms with Crippen LogP contribution in [-0.4, -0.2) is 41.6 Å². The van der Waals surface area contributed by atoms with Crippen LogP contribution in [0.4, 0.5) is 16.4 Å². The fourth-order valence-corrected chi connectivity index (χ4v) is 1.56. The van der Waals surface area contributed by atoms with Crippen LogP contribution in [0.3, 0.4) is 0 Å². The van der Waals surface area contributed by atoms with E-state index in [1.165, 1.54) is 25.2 Å². The third-order valence-electron chi connectivity index (χ3n) is 2.55. The topological polar surface area (TPSA) is 115 Å². The number of nitrogens with one attached hydrogen (secondary N) is 1. The molecule has 1 aliphatic rings. The van der Waals surface area contributed by atoms with Crippen molar-refractivity contribution in [1.82, 2.24) is 10.3 Å². The van der Waals surface area contributed by atoms with Gasteiger partial charge < -0.3 is 20.2 Å². The normalized spacial score (nSPS) is 17.5. The molecule has 1 atom stereocenters. The zero-order valence-electron chi connectivity index (χ0n) is 9.90. The molecule has 9 heteroatoms. The molecule has 0 spiro atoms. The van der Waals surface area contributed by atoms with Crippen molar-refractivity contribution in [2.75, 3.05) is 18.6 Å². The average Bonchev–Trinajstić information content (AvgIpc) is 2.84. The number of rotatable bonds is 3. The predicted molar refractivity (Wildman–Crippen MR) is 62.6 cm³/mol. The first-order valence-electron chi connectivity index (χ1n) is 5.31. The van der Waals surface area contributed by atoms with Crippen LogP contribution in [0.1, 0.15) is 0 Å². The van der Waals surface area contributed by atoms with Gasteiger partial charge in [-0.2, -0.15) is 0 Å². The summed E-state index contributed by atoms with van der Waals surface area (Å²) in [6.45, 7) is -0.0725. The van der Waals surface area contributed by atoms with E-state index in [0.717, 1.165) is 4.90 Å². The predicted octanol–water partition coefficient (Wildman–Crippen LogP) is 0.0610. The molecule has 9 nitrogen and oxygen atoms in total. The molecule has 1 aliphatic heterocycles. The zero-order chi connectivity index (χ0) is 14.0. The Morgan fingerprint density at radius 2 is 2.37 bits per heavy atom. The van der Waals surface area contributed by atoms with E-state index in [0.29, 0.717) is 0 Å². The third kappa shape index (κ3) is 2.59. The van der Waals surface area contributed by atoms with Gasteiger partial charge >= 0.3 is 11.9 Å².